The Bertz CT molecular complexity index is 1420. The van der Waals surface area contributed by atoms with E-state index in [0.717, 1.165) is 11.3 Å². The van der Waals surface area contributed by atoms with Crippen LogP contribution in [0.4, 0.5) is 9.18 Å². The van der Waals surface area contributed by atoms with Gasteiger partial charge in [-0.05, 0) is 70.1 Å². The second-order valence-corrected chi connectivity index (χ2v) is 12.7. The van der Waals surface area contributed by atoms with Crippen molar-refractivity contribution in [2.24, 2.45) is 0 Å². The Kier molecular flexibility index (Phi) is 9.53. The molecule has 220 valence electrons. The van der Waals surface area contributed by atoms with Crippen LogP contribution in [0.15, 0.2) is 36.4 Å². The molecule has 1 saturated carbocycles. The number of halogens is 2. The first-order valence-electron chi connectivity index (χ1n) is 13.5. The molecular weight excluding hydrogens is 570 g/mol. The molecule has 2 amide bonds. The molecule has 0 spiro atoms. The summed E-state index contributed by atoms with van der Waals surface area (Å²) in [4.78, 5) is 30.4. The van der Waals surface area contributed by atoms with Gasteiger partial charge in [0.2, 0.25) is 0 Å². The predicted molar refractivity (Wildman–Crippen MR) is 160 cm³/mol. The maximum Gasteiger partial charge on any atom is 0.488 e. The molecule has 12 heteroatoms. The minimum atomic E-state index is -1.69. The van der Waals surface area contributed by atoms with Gasteiger partial charge in [-0.1, -0.05) is 29.8 Å². The highest BCUT2D eigenvalue weighted by molar-refractivity contribution is 7.21. The summed E-state index contributed by atoms with van der Waals surface area (Å²) in [6.07, 6.45) is 2.10. The number of hydrogen-bond donors (Lipinski definition) is 2. The van der Waals surface area contributed by atoms with Gasteiger partial charge in [0.1, 0.15) is 22.0 Å². The number of carbonyl (C=O) groups excluding carboxylic acids is 2. The summed E-state index contributed by atoms with van der Waals surface area (Å²) in [6, 6.07) is 9.11. The Balaban J connectivity index is 1.65. The molecule has 8 nitrogen and oxygen atoms in total. The smallest absolute Gasteiger partial charge is 0.488 e. The number of fused-ring (bicyclic) bond motifs is 1. The zero-order valence-electron chi connectivity index (χ0n) is 23.8. The number of carbonyl (C=O) groups is 2. The molecule has 41 heavy (non-hydrogen) atoms. The fraction of sp³-hybridized carbons (Fsp3) is 0.448. The molecule has 0 unspecified atom stereocenters. The van der Waals surface area contributed by atoms with E-state index in [4.69, 9.17) is 21.1 Å². The molecule has 1 aliphatic rings. The summed E-state index contributed by atoms with van der Waals surface area (Å²) in [5.74, 6) is -0.359. The fourth-order valence-corrected chi connectivity index (χ4v) is 6.72. The Morgan fingerprint density at radius 3 is 2.37 bits per heavy atom. The van der Waals surface area contributed by atoms with Crippen molar-refractivity contribution in [1.82, 2.24) is 9.80 Å². The topological polar surface area (TPSA) is 99.5 Å². The molecule has 1 heterocycles. The van der Waals surface area contributed by atoms with Gasteiger partial charge in [0, 0.05) is 41.3 Å². The third-order valence-corrected chi connectivity index (χ3v) is 8.97. The van der Waals surface area contributed by atoms with E-state index in [1.165, 1.54) is 13.2 Å². The summed E-state index contributed by atoms with van der Waals surface area (Å²) in [6.45, 7) is 5.57. The van der Waals surface area contributed by atoms with Crippen molar-refractivity contribution < 1.29 is 33.5 Å². The van der Waals surface area contributed by atoms with Crippen LogP contribution >= 0.6 is 22.9 Å². The SMILES string of the molecule is COc1ccc(B(O)O)cc1CN(C(=O)c1sc2cccc(F)c2c1Cl)[C@H]1CC[C@H](N(C)C(=O)OC(C)(C)C)CC1. The first kappa shape index (κ1) is 31.1. The normalized spacial score (nSPS) is 17.3. The zero-order valence-corrected chi connectivity index (χ0v) is 25.4. The Labute approximate surface area is 248 Å². The predicted octanol–water partition coefficient (Wildman–Crippen LogP) is 5.20. The third kappa shape index (κ3) is 6.97. The molecular formula is C29H35BClFN2O6S. The molecule has 0 radical (unpaired) electrons. The number of amides is 2. The van der Waals surface area contributed by atoms with Crippen molar-refractivity contribution in [3.8, 4) is 5.75 Å². The zero-order chi connectivity index (χ0) is 30.1. The highest BCUT2D eigenvalue weighted by Gasteiger charge is 2.35. The Morgan fingerprint density at radius 2 is 1.78 bits per heavy atom. The van der Waals surface area contributed by atoms with Gasteiger partial charge in [-0.2, -0.15) is 0 Å². The summed E-state index contributed by atoms with van der Waals surface area (Å²) < 4.78 is 26.3. The molecule has 4 rings (SSSR count). The van der Waals surface area contributed by atoms with Crippen molar-refractivity contribution in [3.05, 3.63) is 57.7 Å². The van der Waals surface area contributed by atoms with Gasteiger partial charge in [0.25, 0.3) is 5.91 Å². The molecule has 2 aromatic carbocycles. The second-order valence-electron chi connectivity index (χ2n) is 11.3. The van der Waals surface area contributed by atoms with E-state index in [2.05, 4.69) is 0 Å². The van der Waals surface area contributed by atoms with E-state index >= 15 is 0 Å². The van der Waals surface area contributed by atoms with Crippen LogP contribution in [0.1, 0.15) is 61.7 Å². The van der Waals surface area contributed by atoms with Crippen LogP contribution in [0.3, 0.4) is 0 Å². The first-order valence-corrected chi connectivity index (χ1v) is 14.7. The number of rotatable bonds is 7. The Hall–Kier alpha value is -2.86. The largest absolute Gasteiger partial charge is 0.496 e. The monoisotopic (exact) mass is 604 g/mol. The summed E-state index contributed by atoms with van der Waals surface area (Å²) in [5, 5.41) is 19.8. The molecule has 1 aliphatic carbocycles. The number of nitrogens with zero attached hydrogens (tertiary/aromatic N) is 2. The second kappa shape index (κ2) is 12.6. The van der Waals surface area contributed by atoms with E-state index < -0.39 is 24.6 Å². The number of hydrogen-bond acceptors (Lipinski definition) is 7. The molecule has 1 fully saturated rings. The lowest BCUT2D eigenvalue weighted by atomic mass is 9.79. The summed E-state index contributed by atoms with van der Waals surface area (Å²) in [7, 11) is 1.54. The summed E-state index contributed by atoms with van der Waals surface area (Å²) >= 11 is 7.73. The molecule has 0 aliphatic heterocycles. The van der Waals surface area contributed by atoms with Crippen LogP contribution in [-0.2, 0) is 11.3 Å². The average Bonchev–Trinajstić information content (AvgIpc) is 3.27. The van der Waals surface area contributed by atoms with Crippen molar-refractivity contribution in [2.75, 3.05) is 14.2 Å². The van der Waals surface area contributed by atoms with Gasteiger partial charge >= 0.3 is 13.2 Å². The maximum atomic E-state index is 14.6. The van der Waals surface area contributed by atoms with Gasteiger partial charge in [0.05, 0.1) is 12.1 Å². The average molecular weight is 605 g/mol. The van der Waals surface area contributed by atoms with Crippen molar-refractivity contribution >= 4 is 57.6 Å². The molecule has 1 aromatic heterocycles. The van der Waals surface area contributed by atoms with Crippen LogP contribution in [0.25, 0.3) is 10.1 Å². The lowest BCUT2D eigenvalue weighted by molar-refractivity contribution is 0.0144. The lowest BCUT2D eigenvalue weighted by Gasteiger charge is -2.40. The van der Waals surface area contributed by atoms with Crippen LogP contribution < -0.4 is 10.2 Å². The van der Waals surface area contributed by atoms with Gasteiger partial charge in [-0.25, -0.2) is 9.18 Å². The van der Waals surface area contributed by atoms with Crippen LogP contribution in [0.2, 0.25) is 5.02 Å². The van der Waals surface area contributed by atoms with Crippen molar-refractivity contribution in [3.63, 3.8) is 0 Å². The number of thiophene rings is 1. The van der Waals surface area contributed by atoms with Crippen molar-refractivity contribution in [1.29, 1.82) is 0 Å². The van der Waals surface area contributed by atoms with Gasteiger partial charge in [-0.3, -0.25) is 4.79 Å². The molecule has 2 N–H and O–H groups in total. The van der Waals surface area contributed by atoms with Gasteiger partial charge in [0.15, 0.2) is 0 Å². The highest BCUT2D eigenvalue weighted by atomic mass is 35.5. The highest BCUT2D eigenvalue weighted by Crippen LogP contribution is 2.39. The van der Waals surface area contributed by atoms with Crippen molar-refractivity contribution in [2.45, 2.75) is 70.7 Å². The van der Waals surface area contributed by atoms with Gasteiger partial charge in [-0.15, -0.1) is 11.3 Å². The molecule has 0 bridgehead atoms. The Morgan fingerprint density at radius 1 is 1.12 bits per heavy atom. The van der Waals surface area contributed by atoms with Crippen LogP contribution in [0.5, 0.6) is 5.75 Å². The minimum absolute atomic E-state index is 0.0533. The first-order chi connectivity index (χ1) is 19.3. The maximum absolute atomic E-state index is 14.6. The van der Waals surface area contributed by atoms with Crippen LogP contribution in [0, 0.1) is 5.82 Å². The van der Waals surface area contributed by atoms with E-state index in [9.17, 15) is 24.0 Å². The van der Waals surface area contributed by atoms with Crippen LogP contribution in [-0.4, -0.2) is 70.8 Å². The number of methoxy groups -OCH3 is 1. The summed E-state index contributed by atoms with van der Waals surface area (Å²) in [5.41, 5.74) is 0.241. The van der Waals surface area contributed by atoms with E-state index in [-0.39, 0.29) is 45.3 Å². The lowest BCUT2D eigenvalue weighted by Crippen LogP contribution is -2.47. The third-order valence-electron chi connectivity index (χ3n) is 7.34. The standard InChI is InChI=1S/C29H35BClFN2O6S/c1-29(2,3)40-28(36)33(4)19-10-12-20(13-11-19)34(16-17-15-18(30(37)38)9-14-22(17)39-5)27(35)26-25(31)24-21(32)7-6-8-23(24)41-26/h6-9,14-15,19-20,37-38H,10-13,16H2,1-5H3/t19-,20-. The molecule has 0 saturated heterocycles. The minimum Gasteiger partial charge on any atom is -0.496 e. The quantitative estimate of drug-likeness (QED) is 0.360. The number of ether oxygens (including phenoxy) is 2. The van der Waals surface area contributed by atoms with Gasteiger partial charge < -0.3 is 29.3 Å². The van der Waals surface area contributed by atoms with E-state index in [0.29, 0.717) is 41.7 Å². The number of benzene rings is 2. The fourth-order valence-electron chi connectivity index (χ4n) is 5.21. The van der Waals surface area contributed by atoms with E-state index in [1.807, 2.05) is 20.8 Å². The molecule has 0 atom stereocenters. The van der Waals surface area contributed by atoms with E-state index in [1.54, 1.807) is 47.2 Å². The molecule has 3 aromatic rings.